The van der Waals surface area contributed by atoms with E-state index in [0.29, 0.717) is 12.8 Å². The number of aromatic amines is 1. The Labute approximate surface area is 134 Å². The molecule has 0 fully saturated rings. The van der Waals surface area contributed by atoms with Gasteiger partial charge in [-0.15, -0.1) is 0 Å². The maximum Gasteiger partial charge on any atom is 0.321 e. The Balaban J connectivity index is 1.98. The van der Waals surface area contributed by atoms with E-state index in [0.717, 1.165) is 11.3 Å². The zero-order valence-corrected chi connectivity index (χ0v) is 12.8. The Kier molecular flexibility index (Phi) is 5.94. The van der Waals surface area contributed by atoms with E-state index in [1.807, 2.05) is 30.3 Å². The first kappa shape index (κ1) is 16.8. The Hall–Kier alpha value is -2.60. The first-order chi connectivity index (χ1) is 11.1. The van der Waals surface area contributed by atoms with E-state index < -0.39 is 18.1 Å². The second-order valence-electron chi connectivity index (χ2n) is 5.41. The fourth-order valence-corrected chi connectivity index (χ4v) is 2.38. The Morgan fingerprint density at radius 2 is 2.00 bits per heavy atom. The number of aryl methyl sites for hydroxylation is 1. The van der Waals surface area contributed by atoms with Crippen molar-refractivity contribution in [3.63, 3.8) is 0 Å². The molecule has 23 heavy (non-hydrogen) atoms. The predicted octanol–water partition coefficient (Wildman–Crippen LogP) is 2.07. The van der Waals surface area contributed by atoms with Crippen LogP contribution in [0.3, 0.4) is 0 Å². The van der Waals surface area contributed by atoms with E-state index in [2.05, 4.69) is 21.9 Å². The molecule has 4 N–H and O–H groups in total. The second kappa shape index (κ2) is 8.14. The third-order valence-corrected chi connectivity index (χ3v) is 3.65. The zero-order valence-electron chi connectivity index (χ0n) is 12.8. The van der Waals surface area contributed by atoms with Gasteiger partial charge in [0.2, 0.25) is 0 Å². The topological polar surface area (TPSA) is 98.2 Å². The van der Waals surface area contributed by atoms with Gasteiger partial charge in [-0.05, 0) is 18.4 Å². The van der Waals surface area contributed by atoms with E-state index in [4.69, 9.17) is 0 Å². The maximum atomic E-state index is 11.4. The van der Waals surface area contributed by atoms with Gasteiger partial charge in [-0.3, -0.25) is 10.1 Å². The molecule has 1 aromatic carbocycles. The fraction of sp³-hybridized carbons (Fsp3) is 0.294. The number of benzene rings is 1. The van der Waals surface area contributed by atoms with Gasteiger partial charge in [-0.1, -0.05) is 36.9 Å². The van der Waals surface area contributed by atoms with Crippen molar-refractivity contribution in [2.24, 2.45) is 0 Å². The second-order valence-corrected chi connectivity index (χ2v) is 5.41. The van der Waals surface area contributed by atoms with Gasteiger partial charge in [0.05, 0.1) is 12.4 Å². The average molecular weight is 315 g/mol. The molecule has 0 radical (unpaired) electrons. The number of nitrogens with zero attached hydrogens (tertiary/aromatic N) is 1. The number of hydrogen-bond donors (Lipinski definition) is 4. The van der Waals surface area contributed by atoms with E-state index in [-0.39, 0.29) is 12.2 Å². The molecule has 1 heterocycles. The molecule has 0 saturated heterocycles. The van der Waals surface area contributed by atoms with Crippen LogP contribution in [0.4, 0.5) is 0 Å². The van der Waals surface area contributed by atoms with Gasteiger partial charge in [-0.2, -0.15) is 0 Å². The molecule has 1 unspecified atom stereocenters. The highest BCUT2D eigenvalue weighted by atomic mass is 16.4. The molecular formula is C17H21N3O3. The number of aliphatic hydroxyl groups is 1. The highest BCUT2D eigenvalue weighted by Crippen LogP contribution is 2.11. The molecule has 0 amide bonds. The number of carboxylic acids is 1. The quantitative estimate of drug-likeness (QED) is 0.531. The standard InChI is InChI=1S/C17H21N3O3/c1-12(21)15(8-7-13-5-3-2-4-6-13)20-16(17(22)23)9-14-10-18-11-19-14/h2-6,10-11,15-16,20-21H,1,7-9H2,(H,18,19)(H,22,23)/t15?,16-/m0/s1. The molecule has 0 saturated carbocycles. The number of aliphatic hydroxyl groups excluding tert-OH is 1. The van der Waals surface area contributed by atoms with Gasteiger partial charge in [0.25, 0.3) is 0 Å². The van der Waals surface area contributed by atoms with E-state index in [1.54, 1.807) is 6.20 Å². The SMILES string of the molecule is C=C(O)C(CCc1ccccc1)N[C@@H](Cc1cnc[nH]1)C(=O)O. The zero-order chi connectivity index (χ0) is 16.7. The summed E-state index contributed by atoms with van der Waals surface area (Å²) in [5.74, 6) is -1.04. The van der Waals surface area contributed by atoms with Gasteiger partial charge in [0.15, 0.2) is 0 Å². The number of aromatic nitrogens is 2. The molecule has 0 aliphatic carbocycles. The molecular weight excluding hydrogens is 294 g/mol. The number of rotatable bonds is 9. The molecule has 0 aliphatic heterocycles. The summed E-state index contributed by atoms with van der Waals surface area (Å²) in [5.41, 5.74) is 1.84. The van der Waals surface area contributed by atoms with Gasteiger partial charge < -0.3 is 15.2 Å². The van der Waals surface area contributed by atoms with E-state index in [1.165, 1.54) is 6.33 Å². The minimum atomic E-state index is -0.981. The average Bonchev–Trinajstić information content (AvgIpc) is 3.03. The molecule has 2 rings (SSSR count). The summed E-state index contributed by atoms with van der Waals surface area (Å²) in [6.07, 6.45) is 4.63. The van der Waals surface area contributed by atoms with Crippen molar-refractivity contribution in [1.29, 1.82) is 0 Å². The summed E-state index contributed by atoms with van der Waals surface area (Å²) >= 11 is 0. The maximum absolute atomic E-state index is 11.4. The minimum Gasteiger partial charge on any atom is -0.511 e. The van der Waals surface area contributed by atoms with Crippen LogP contribution in [0.1, 0.15) is 17.7 Å². The van der Waals surface area contributed by atoms with Crippen molar-refractivity contribution in [1.82, 2.24) is 15.3 Å². The summed E-state index contributed by atoms with van der Waals surface area (Å²) in [4.78, 5) is 18.2. The Bertz CT molecular complexity index is 626. The van der Waals surface area contributed by atoms with Gasteiger partial charge in [0.1, 0.15) is 11.8 Å². The van der Waals surface area contributed by atoms with Crippen molar-refractivity contribution in [2.45, 2.75) is 31.3 Å². The number of nitrogens with one attached hydrogen (secondary N) is 2. The van der Waals surface area contributed by atoms with Crippen molar-refractivity contribution < 1.29 is 15.0 Å². The highest BCUT2D eigenvalue weighted by Gasteiger charge is 2.24. The number of carbonyl (C=O) groups is 1. The Morgan fingerprint density at radius 1 is 1.26 bits per heavy atom. The number of imidazole rings is 1. The molecule has 0 bridgehead atoms. The van der Waals surface area contributed by atoms with Crippen molar-refractivity contribution in [2.75, 3.05) is 0 Å². The van der Waals surface area contributed by atoms with Crippen LogP contribution >= 0.6 is 0 Å². The molecule has 122 valence electrons. The van der Waals surface area contributed by atoms with Crippen LogP contribution in [0.25, 0.3) is 0 Å². The predicted molar refractivity (Wildman–Crippen MR) is 87.2 cm³/mol. The largest absolute Gasteiger partial charge is 0.511 e. The minimum absolute atomic E-state index is 0.0585. The summed E-state index contributed by atoms with van der Waals surface area (Å²) in [6, 6.07) is 8.51. The van der Waals surface area contributed by atoms with Crippen LogP contribution in [0.2, 0.25) is 0 Å². The van der Waals surface area contributed by atoms with Crippen molar-refractivity contribution >= 4 is 5.97 Å². The van der Waals surface area contributed by atoms with Crippen molar-refractivity contribution in [3.8, 4) is 0 Å². The number of H-pyrrole nitrogens is 1. The summed E-state index contributed by atoms with van der Waals surface area (Å²) in [6.45, 7) is 3.56. The van der Waals surface area contributed by atoms with Crippen LogP contribution in [-0.2, 0) is 17.6 Å². The lowest BCUT2D eigenvalue weighted by atomic mass is 10.0. The van der Waals surface area contributed by atoms with Gasteiger partial charge in [0, 0.05) is 18.3 Å². The highest BCUT2D eigenvalue weighted by molar-refractivity contribution is 5.73. The lowest BCUT2D eigenvalue weighted by molar-refractivity contribution is -0.139. The fourth-order valence-electron chi connectivity index (χ4n) is 2.38. The number of carboxylic acid groups (broad SMARTS) is 1. The summed E-state index contributed by atoms with van der Waals surface area (Å²) in [5, 5.41) is 22.1. The lowest BCUT2D eigenvalue weighted by Crippen LogP contribution is -2.45. The van der Waals surface area contributed by atoms with Crippen molar-refractivity contribution in [3.05, 3.63) is 66.5 Å². The first-order valence-corrected chi connectivity index (χ1v) is 7.44. The molecule has 0 aliphatic rings. The Morgan fingerprint density at radius 3 is 2.57 bits per heavy atom. The third kappa shape index (κ3) is 5.27. The monoisotopic (exact) mass is 315 g/mol. The smallest absolute Gasteiger partial charge is 0.321 e. The van der Waals surface area contributed by atoms with Crippen LogP contribution < -0.4 is 5.32 Å². The van der Waals surface area contributed by atoms with E-state index in [9.17, 15) is 15.0 Å². The molecule has 2 atom stereocenters. The first-order valence-electron chi connectivity index (χ1n) is 7.44. The van der Waals surface area contributed by atoms with E-state index >= 15 is 0 Å². The van der Waals surface area contributed by atoms with Gasteiger partial charge >= 0.3 is 5.97 Å². The summed E-state index contributed by atoms with van der Waals surface area (Å²) < 4.78 is 0. The number of aliphatic carboxylic acids is 1. The number of hydrogen-bond acceptors (Lipinski definition) is 4. The van der Waals surface area contributed by atoms with Crippen LogP contribution in [0.5, 0.6) is 0 Å². The van der Waals surface area contributed by atoms with Crippen LogP contribution in [0, 0.1) is 0 Å². The lowest BCUT2D eigenvalue weighted by Gasteiger charge is -2.22. The third-order valence-electron chi connectivity index (χ3n) is 3.65. The molecule has 2 aromatic rings. The molecule has 6 heteroatoms. The van der Waals surface area contributed by atoms with Crippen LogP contribution in [-0.4, -0.2) is 38.2 Å². The molecule has 1 aromatic heterocycles. The van der Waals surface area contributed by atoms with Crippen LogP contribution in [0.15, 0.2) is 55.2 Å². The summed E-state index contributed by atoms with van der Waals surface area (Å²) in [7, 11) is 0. The molecule has 6 nitrogen and oxygen atoms in total. The normalized spacial score (nSPS) is 13.4. The molecule has 0 spiro atoms. The van der Waals surface area contributed by atoms with Gasteiger partial charge in [-0.25, -0.2) is 4.98 Å².